The van der Waals surface area contributed by atoms with E-state index in [1.54, 1.807) is 10.7 Å². The average Bonchev–Trinajstić information content (AvgIpc) is 3.37. The highest BCUT2D eigenvalue weighted by Gasteiger charge is 2.25. The Bertz CT molecular complexity index is 1120. The van der Waals surface area contributed by atoms with Crippen molar-refractivity contribution in [3.63, 3.8) is 0 Å². The zero-order valence-corrected chi connectivity index (χ0v) is 15.8. The molecule has 1 N–H and O–H groups in total. The van der Waals surface area contributed by atoms with Crippen molar-refractivity contribution in [1.29, 1.82) is 5.26 Å². The maximum atomic E-state index is 9.45. The van der Waals surface area contributed by atoms with Gasteiger partial charge in [0.05, 0.1) is 18.9 Å². The second-order valence-electron chi connectivity index (χ2n) is 7.03. The van der Waals surface area contributed by atoms with Gasteiger partial charge in [-0.1, -0.05) is 12.1 Å². The van der Waals surface area contributed by atoms with Gasteiger partial charge in [-0.15, -0.1) is 0 Å². The van der Waals surface area contributed by atoms with Crippen molar-refractivity contribution in [2.45, 2.75) is 12.5 Å². The van der Waals surface area contributed by atoms with E-state index in [4.69, 9.17) is 14.5 Å². The quantitative estimate of drug-likeness (QED) is 0.593. The number of fused-ring (bicyclic) bond motifs is 9. The van der Waals surface area contributed by atoms with Gasteiger partial charge in [0.25, 0.3) is 0 Å². The van der Waals surface area contributed by atoms with E-state index in [9.17, 15) is 5.26 Å². The highest BCUT2D eigenvalue weighted by molar-refractivity contribution is 5.68. The molecule has 0 amide bonds. The number of hydrogen-bond donors (Lipinski definition) is 1. The van der Waals surface area contributed by atoms with E-state index < -0.39 is 0 Å². The molecule has 0 aliphatic carbocycles. The van der Waals surface area contributed by atoms with Crippen molar-refractivity contribution < 1.29 is 9.47 Å². The minimum Gasteiger partial charge on any atom is -0.489 e. The van der Waals surface area contributed by atoms with Crippen LogP contribution in [0.4, 0.5) is 17.3 Å². The van der Waals surface area contributed by atoms with Crippen LogP contribution in [0, 0.1) is 11.3 Å². The second-order valence-corrected chi connectivity index (χ2v) is 7.03. The molecule has 0 saturated carbocycles. The summed E-state index contributed by atoms with van der Waals surface area (Å²) in [4.78, 5) is 6.91. The molecule has 2 aliphatic rings. The Balaban J connectivity index is 1.60. The summed E-state index contributed by atoms with van der Waals surface area (Å²) in [5.74, 6) is 2.30. The van der Waals surface area contributed by atoms with Crippen molar-refractivity contribution in [1.82, 2.24) is 14.6 Å². The average molecular weight is 388 g/mol. The van der Waals surface area contributed by atoms with Crippen LogP contribution in [-0.4, -0.2) is 47.0 Å². The number of nitriles is 1. The summed E-state index contributed by atoms with van der Waals surface area (Å²) in [6.07, 6.45) is 6.59. The van der Waals surface area contributed by atoms with Gasteiger partial charge in [-0.3, -0.25) is 0 Å². The summed E-state index contributed by atoms with van der Waals surface area (Å²) < 4.78 is 13.4. The molecule has 1 atom stereocenters. The number of ether oxygens (including phenoxy) is 2. The number of benzene rings is 1. The van der Waals surface area contributed by atoms with Crippen molar-refractivity contribution in [3.05, 3.63) is 54.2 Å². The van der Waals surface area contributed by atoms with Gasteiger partial charge in [0.2, 0.25) is 0 Å². The number of nitrogens with one attached hydrogen (secondary N) is 1. The van der Waals surface area contributed by atoms with Crippen molar-refractivity contribution in [3.8, 4) is 11.8 Å². The van der Waals surface area contributed by atoms with E-state index >= 15 is 0 Å². The molecule has 1 aromatic carbocycles. The first-order valence-electron chi connectivity index (χ1n) is 9.60. The third kappa shape index (κ3) is 3.48. The molecule has 1 fully saturated rings. The predicted octanol–water partition coefficient (Wildman–Crippen LogP) is 2.89. The molecule has 8 nitrogen and oxygen atoms in total. The van der Waals surface area contributed by atoms with Crippen molar-refractivity contribution in [2.75, 3.05) is 36.5 Å². The van der Waals surface area contributed by atoms with Crippen LogP contribution in [0.15, 0.2) is 48.7 Å². The van der Waals surface area contributed by atoms with Crippen LogP contribution in [0.1, 0.15) is 12.0 Å². The Morgan fingerprint density at radius 3 is 3.07 bits per heavy atom. The van der Waals surface area contributed by atoms with Crippen LogP contribution in [-0.2, 0) is 4.74 Å². The molecule has 5 rings (SSSR count). The first kappa shape index (κ1) is 17.5. The van der Waals surface area contributed by atoms with E-state index in [1.165, 1.54) is 0 Å². The highest BCUT2D eigenvalue weighted by atomic mass is 16.5. The maximum absolute atomic E-state index is 9.45. The molecule has 1 saturated heterocycles. The van der Waals surface area contributed by atoms with Gasteiger partial charge < -0.3 is 19.7 Å². The molecule has 0 unspecified atom stereocenters. The van der Waals surface area contributed by atoms with Crippen LogP contribution in [0.5, 0.6) is 5.75 Å². The summed E-state index contributed by atoms with van der Waals surface area (Å²) in [7, 11) is 0. The molecule has 2 aliphatic heterocycles. The Morgan fingerprint density at radius 2 is 2.14 bits per heavy atom. The Hall–Kier alpha value is -3.57. The van der Waals surface area contributed by atoms with Crippen LogP contribution in [0.3, 0.4) is 0 Å². The summed E-state index contributed by atoms with van der Waals surface area (Å²) in [6.45, 7) is 2.66. The molecule has 4 heterocycles. The Kier molecular flexibility index (Phi) is 4.50. The maximum Gasteiger partial charge on any atom is 0.177 e. The van der Waals surface area contributed by atoms with E-state index in [0.29, 0.717) is 24.4 Å². The fourth-order valence-corrected chi connectivity index (χ4v) is 3.64. The van der Waals surface area contributed by atoms with Gasteiger partial charge >= 0.3 is 0 Å². The van der Waals surface area contributed by atoms with E-state index in [1.807, 2.05) is 42.5 Å². The number of hydrogen-bond acceptors (Lipinski definition) is 7. The van der Waals surface area contributed by atoms with E-state index in [-0.39, 0.29) is 6.10 Å². The second kappa shape index (κ2) is 7.45. The molecular formula is C21H20N6O2. The van der Waals surface area contributed by atoms with Crippen molar-refractivity contribution in [2.24, 2.45) is 0 Å². The van der Waals surface area contributed by atoms with Crippen LogP contribution in [0.2, 0.25) is 0 Å². The lowest BCUT2D eigenvalue weighted by atomic mass is 10.3. The predicted molar refractivity (Wildman–Crippen MR) is 109 cm³/mol. The molecule has 0 spiro atoms. The van der Waals surface area contributed by atoms with Gasteiger partial charge in [0.15, 0.2) is 5.65 Å². The Morgan fingerprint density at radius 1 is 1.21 bits per heavy atom. The lowest BCUT2D eigenvalue weighted by molar-refractivity contribution is 0.0905. The van der Waals surface area contributed by atoms with E-state index in [2.05, 4.69) is 21.4 Å². The highest BCUT2D eigenvalue weighted by Crippen LogP contribution is 2.28. The molecular weight excluding hydrogens is 368 g/mol. The molecule has 6 bridgehead atoms. The monoisotopic (exact) mass is 388 g/mol. The van der Waals surface area contributed by atoms with Crippen LogP contribution in [0.25, 0.3) is 5.65 Å². The first-order chi connectivity index (χ1) is 14.3. The third-order valence-corrected chi connectivity index (χ3v) is 5.10. The van der Waals surface area contributed by atoms with Gasteiger partial charge in [-0.25, -0.2) is 4.98 Å². The van der Waals surface area contributed by atoms with Crippen molar-refractivity contribution >= 4 is 23.0 Å². The van der Waals surface area contributed by atoms with Gasteiger partial charge in [-0.05, 0) is 24.6 Å². The number of rotatable bonds is 0. The minimum absolute atomic E-state index is 0.149. The molecule has 29 heavy (non-hydrogen) atoms. The lowest BCUT2D eigenvalue weighted by Gasteiger charge is -2.19. The molecule has 2 aromatic heterocycles. The smallest absolute Gasteiger partial charge is 0.177 e. The topological polar surface area (TPSA) is 87.7 Å². The first-order valence-corrected chi connectivity index (χ1v) is 9.60. The fourth-order valence-electron chi connectivity index (χ4n) is 3.64. The van der Waals surface area contributed by atoms with Crippen LogP contribution >= 0.6 is 0 Å². The molecule has 8 heteroatoms. The number of nitrogens with zero attached hydrogens (tertiary/aromatic N) is 5. The summed E-state index contributed by atoms with van der Waals surface area (Å²) >= 11 is 0. The summed E-state index contributed by atoms with van der Waals surface area (Å²) in [5.41, 5.74) is 1.85. The summed E-state index contributed by atoms with van der Waals surface area (Å²) in [5, 5.41) is 17.2. The standard InChI is InChI=1S/C21H20N6O2/c22-12-15-13-23-27-20-11-19(25-21(15)27)26-7-6-18(14-26)29-9-2-1-8-28-17-5-3-4-16(10-17)24-20/h1-5,10-11,13,18,24H,6-9,14H2/b2-1+/t18-/m0/s1. The van der Waals surface area contributed by atoms with Gasteiger partial charge in [0.1, 0.15) is 35.6 Å². The van der Waals surface area contributed by atoms with Gasteiger partial charge in [0, 0.05) is 30.9 Å². The fraction of sp³-hybridized carbons (Fsp3) is 0.286. The van der Waals surface area contributed by atoms with E-state index in [0.717, 1.165) is 42.6 Å². The largest absolute Gasteiger partial charge is 0.489 e. The molecule has 0 radical (unpaired) electrons. The number of aromatic nitrogens is 3. The number of anilines is 3. The summed E-state index contributed by atoms with van der Waals surface area (Å²) in [6, 6.07) is 11.9. The molecule has 146 valence electrons. The zero-order valence-electron chi connectivity index (χ0n) is 15.8. The van der Waals surface area contributed by atoms with Crippen LogP contribution < -0.4 is 15.0 Å². The normalized spacial score (nSPS) is 20.0. The Labute approximate surface area is 168 Å². The minimum atomic E-state index is 0.149. The lowest BCUT2D eigenvalue weighted by Crippen LogP contribution is -2.24. The van der Waals surface area contributed by atoms with Gasteiger partial charge in [-0.2, -0.15) is 14.9 Å². The third-order valence-electron chi connectivity index (χ3n) is 5.10. The SMILES string of the molecule is N#Cc1cnn2c3cc(nc12)N1CC[C@@H](C1)OC/C=C/COc1cccc(c1)N3. The zero-order chi connectivity index (χ0) is 19.6. The molecule has 3 aromatic rings.